The van der Waals surface area contributed by atoms with Crippen molar-refractivity contribution in [3.05, 3.63) is 107 Å². The van der Waals surface area contributed by atoms with Gasteiger partial charge in [-0.1, -0.05) is 74.5 Å². The number of nitrogens with two attached hydrogens (primary N) is 1. The predicted molar refractivity (Wildman–Crippen MR) is 119 cm³/mol. The van der Waals surface area contributed by atoms with Crippen molar-refractivity contribution in [2.45, 2.75) is 25.7 Å². The molecule has 0 saturated carbocycles. The zero-order valence-electron chi connectivity index (χ0n) is 17.6. The van der Waals surface area contributed by atoms with Gasteiger partial charge in [0.1, 0.15) is 11.6 Å². The van der Waals surface area contributed by atoms with Crippen molar-refractivity contribution in [3.8, 4) is 0 Å². The summed E-state index contributed by atoms with van der Waals surface area (Å²) in [5.41, 5.74) is 6.15. The average molecular weight is 419 g/mol. The highest BCUT2D eigenvalue weighted by molar-refractivity contribution is 6.05. The van der Waals surface area contributed by atoms with Crippen molar-refractivity contribution in [3.63, 3.8) is 0 Å². The number of primary amides is 1. The smallest absolute Gasteiger partial charge is 0.204 e. The standard InChI is InChI=1S/C25H23FO2.CH3NO/c1-17(2)24(27)22(18-9-5-3-6-10-18)23(19-11-7-4-8-12-19)25(28)20-13-15-21(26)16-14-20;2-1-3/h3-17,22-23H,1-2H3;1H,(H2,2,3). The van der Waals surface area contributed by atoms with E-state index in [0.29, 0.717) is 5.56 Å². The molecule has 0 aliphatic heterocycles. The minimum atomic E-state index is -0.677. The van der Waals surface area contributed by atoms with Crippen LogP contribution in [0.3, 0.4) is 0 Å². The van der Waals surface area contributed by atoms with Crippen LogP contribution in [-0.4, -0.2) is 18.0 Å². The maximum absolute atomic E-state index is 13.5. The van der Waals surface area contributed by atoms with Gasteiger partial charge in [-0.25, -0.2) is 4.39 Å². The first-order valence-corrected chi connectivity index (χ1v) is 9.99. The summed E-state index contributed by atoms with van der Waals surface area (Å²) in [6.07, 6.45) is 0.250. The number of ketones is 2. The van der Waals surface area contributed by atoms with Gasteiger partial charge >= 0.3 is 0 Å². The maximum atomic E-state index is 13.5. The Morgan fingerprint density at radius 2 is 1.19 bits per heavy atom. The molecule has 0 radical (unpaired) electrons. The van der Waals surface area contributed by atoms with E-state index in [2.05, 4.69) is 5.73 Å². The van der Waals surface area contributed by atoms with E-state index < -0.39 is 17.7 Å². The summed E-state index contributed by atoms with van der Waals surface area (Å²) >= 11 is 0. The van der Waals surface area contributed by atoms with Gasteiger partial charge in [0.15, 0.2) is 5.78 Å². The van der Waals surface area contributed by atoms with Gasteiger partial charge in [0, 0.05) is 11.5 Å². The van der Waals surface area contributed by atoms with Gasteiger partial charge in [-0.05, 0) is 35.4 Å². The van der Waals surface area contributed by atoms with E-state index >= 15 is 0 Å². The molecule has 0 spiro atoms. The molecule has 0 aliphatic rings. The van der Waals surface area contributed by atoms with E-state index in [0.717, 1.165) is 11.1 Å². The Morgan fingerprint density at radius 3 is 1.61 bits per heavy atom. The topological polar surface area (TPSA) is 77.2 Å². The molecular weight excluding hydrogens is 393 g/mol. The number of amides is 1. The van der Waals surface area contributed by atoms with E-state index in [1.54, 1.807) is 0 Å². The van der Waals surface area contributed by atoms with Crippen molar-refractivity contribution in [1.82, 2.24) is 0 Å². The second-order valence-corrected chi connectivity index (χ2v) is 7.34. The van der Waals surface area contributed by atoms with Crippen LogP contribution < -0.4 is 5.73 Å². The van der Waals surface area contributed by atoms with Gasteiger partial charge in [-0.15, -0.1) is 0 Å². The van der Waals surface area contributed by atoms with Crippen LogP contribution in [0, 0.1) is 11.7 Å². The summed E-state index contributed by atoms with van der Waals surface area (Å²) in [5.74, 6) is -2.09. The van der Waals surface area contributed by atoms with Gasteiger partial charge < -0.3 is 5.73 Å². The quantitative estimate of drug-likeness (QED) is 0.437. The molecule has 5 heteroatoms. The first-order valence-electron chi connectivity index (χ1n) is 9.99. The van der Waals surface area contributed by atoms with Gasteiger partial charge in [-0.2, -0.15) is 0 Å². The van der Waals surface area contributed by atoms with E-state index in [9.17, 15) is 14.0 Å². The first kappa shape index (κ1) is 23.7. The lowest BCUT2D eigenvalue weighted by molar-refractivity contribution is -0.123. The third-order valence-corrected chi connectivity index (χ3v) is 4.94. The third-order valence-electron chi connectivity index (χ3n) is 4.94. The Morgan fingerprint density at radius 1 is 0.774 bits per heavy atom. The molecule has 0 aliphatic carbocycles. The molecule has 0 fully saturated rings. The van der Waals surface area contributed by atoms with Gasteiger partial charge in [0.2, 0.25) is 6.41 Å². The highest BCUT2D eigenvalue weighted by Crippen LogP contribution is 2.38. The minimum absolute atomic E-state index is 0.00974. The largest absolute Gasteiger partial charge is 0.372 e. The number of carbonyl (C=O) groups is 3. The van der Waals surface area contributed by atoms with Crippen LogP contribution in [0.1, 0.15) is 47.2 Å². The number of hydrogen-bond acceptors (Lipinski definition) is 3. The minimum Gasteiger partial charge on any atom is -0.372 e. The van der Waals surface area contributed by atoms with Gasteiger partial charge in [-0.3, -0.25) is 14.4 Å². The molecule has 4 nitrogen and oxygen atoms in total. The van der Waals surface area contributed by atoms with E-state index in [-0.39, 0.29) is 23.9 Å². The van der Waals surface area contributed by atoms with Crippen molar-refractivity contribution in [2.75, 3.05) is 0 Å². The Balaban J connectivity index is 0.00000107. The molecule has 160 valence electrons. The van der Waals surface area contributed by atoms with Crippen molar-refractivity contribution in [2.24, 2.45) is 11.7 Å². The Labute approximate surface area is 181 Å². The number of Topliss-reactive ketones (excluding diaryl/α,β-unsaturated/α-hetero) is 2. The maximum Gasteiger partial charge on any atom is 0.204 e. The van der Waals surface area contributed by atoms with Crippen molar-refractivity contribution < 1.29 is 18.8 Å². The molecule has 2 atom stereocenters. The fourth-order valence-electron chi connectivity index (χ4n) is 3.49. The lowest BCUT2D eigenvalue weighted by Crippen LogP contribution is -2.29. The number of rotatable bonds is 7. The summed E-state index contributed by atoms with van der Waals surface area (Å²) in [4.78, 5) is 35.3. The summed E-state index contributed by atoms with van der Waals surface area (Å²) in [6.45, 7) is 3.70. The molecule has 0 heterocycles. The zero-order chi connectivity index (χ0) is 22.8. The fourth-order valence-corrected chi connectivity index (χ4v) is 3.49. The highest BCUT2D eigenvalue weighted by atomic mass is 19.1. The molecule has 3 aromatic rings. The summed E-state index contributed by atoms with van der Waals surface area (Å²) in [5, 5.41) is 0. The molecule has 2 unspecified atom stereocenters. The van der Waals surface area contributed by atoms with Crippen LogP contribution in [-0.2, 0) is 9.59 Å². The Kier molecular flexibility index (Phi) is 8.82. The molecule has 1 amide bonds. The van der Waals surface area contributed by atoms with E-state index in [4.69, 9.17) is 4.79 Å². The van der Waals surface area contributed by atoms with Crippen LogP contribution >= 0.6 is 0 Å². The Hall–Kier alpha value is -3.60. The van der Waals surface area contributed by atoms with Crippen LogP contribution in [0.4, 0.5) is 4.39 Å². The van der Waals surface area contributed by atoms with Crippen LogP contribution in [0.2, 0.25) is 0 Å². The number of benzene rings is 3. The third kappa shape index (κ3) is 6.19. The summed E-state index contributed by atoms with van der Waals surface area (Å²) < 4.78 is 13.4. The zero-order valence-corrected chi connectivity index (χ0v) is 17.6. The second-order valence-electron chi connectivity index (χ2n) is 7.34. The van der Waals surface area contributed by atoms with E-state index in [1.165, 1.54) is 24.3 Å². The molecule has 0 saturated heterocycles. The highest BCUT2D eigenvalue weighted by Gasteiger charge is 2.37. The molecular formula is C26H26FNO3. The summed E-state index contributed by atoms with van der Waals surface area (Å²) in [6, 6.07) is 24.3. The Bertz CT molecular complexity index is 986. The predicted octanol–water partition coefficient (Wildman–Crippen LogP) is 4.90. The van der Waals surface area contributed by atoms with Crippen LogP contribution in [0.25, 0.3) is 0 Å². The van der Waals surface area contributed by atoms with Crippen molar-refractivity contribution in [1.29, 1.82) is 0 Å². The molecule has 0 bridgehead atoms. The molecule has 2 N–H and O–H groups in total. The fraction of sp³-hybridized carbons (Fsp3) is 0.192. The van der Waals surface area contributed by atoms with Crippen LogP contribution in [0.15, 0.2) is 84.9 Å². The van der Waals surface area contributed by atoms with Gasteiger partial charge in [0.25, 0.3) is 0 Å². The monoisotopic (exact) mass is 419 g/mol. The number of carbonyl (C=O) groups excluding carboxylic acids is 3. The molecule has 3 aromatic carbocycles. The lowest BCUT2D eigenvalue weighted by Gasteiger charge is -2.27. The van der Waals surface area contributed by atoms with E-state index in [1.807, 2.05) is 74.5 Å². The number of hydrogen-bond donors (Lipinski definition) is 1. The lowest BCUT2D eigenvalue weighted by atomic mass is 9.73. The first-order chi connectivity index (χ1) is 14.9. The average Bonchev–Trinajstić information content (AvgIpc) is 2.78. The van der Waals surface area contributed by atoms with Crippen molar-refractivity contribution >= 4 is 18.0 Å². The second kappa shape index (κ2) is 11.6. The molecule has 31 heavy (non-hydrogen) atoms. The summed E-state index contributed by atoms with van der Waals surface area (Å²) in [7, 11) is 0. The SMILES string of the molecule is CC(C)C(=O)C(c1ccccc1)C(C(=O)c1ccc(F)cc1)c1ccccc1.NC=O. The normalized spacial score (nSPS) is 12.3. The molecule has 0 aromatic heterocycles. The molecule has 3 rings (SSSR count). The number of halogens is 1. The van der Waals surface area contributed by atoms with Crippen LogP contribution in [0.5, 0.6) is 0 Å². The van der Waals surface area contributed by atoms with Gasteiger partial charge in [0.05, 0.1) is 11.8 Å².